The van der Waals surface area contributed by atoms with Crippen molar-refractivity contribution in [3.63, 3.8) is 0 Å². The molecule has 6 heteroatoms. The number of hydrogen-bond acceptors (Lipinski definition) is 3. The second-order valence-electron chi connectivity index (χ2n) is 6.92. The maximum absolute atomic E-state index is 12.9. The summed E-state index contributed by atoms with van der Waals surface area (Å²) < 4.78 is 29.4. The molecule has 1 N–H and O–H groups in total. The van der Waals surface area contributed by atoms with Crippen LogP contribution in [0.1, 0.15) is 21.5 Å². The van der Waals surface area contributed by atoms with Gasteiger partial charge in [0.2, 0.25) is 0 Å². The standard InChI is InChI=1S/C23H20N2O3S/c1-17-11-13-19(14-12-17)29(27,28)24-23(26)21-16-25(15-18-7-3-2-4-8-18)22-10-6-5-9-20(21)22/h2-14,16H,15H2,1H3,(H,24,26). The van der Waals surface area contributed by atoms with Gasteiger partial charge in [0.25, 0.3) is 15.9 Å². The van der Waals surface area contributed by atoms with Crippen LogP contribution in [0.4, 0.5) is 0 Å². The molecule has 0 saturated carbocycles. The van der Waals surface area contributed by atoms with Gasteiger partial charge in [-0.3, -0.25) is 4.79 Å². The third-order valence-electron chi connectivity index (χ3n) is 4.79. The van der Waals surface area contributed by atoms with E-state index in [1.54, 1.807) is 18.3 Å². The number of benzene rings is 3. The maximum Gasteiger partial charge on any atom is 0.267 e. The molecule has 0 fully saturated rings. The van der Waals surface area contributed by atoms with Crippen molar-refractivity contribution >= 4 is 26.8 Å². The van der Waals surface area contributed by atoms with E-state index in [2.05, 4.69) is 4.72 Å². The summed E-state index contributed by atoms with van der Waals surface area (Å²) in [5, 5.41) is 0.708. The first kappa shape index (κ1) is 19.0. The molecule has 4 rings (SSSR count). The third kappa shape index (κ3) is 3.93. The molecule has 0 spiro atoms. The Bertz CT molecular complexity index is 1270. The second kappa shape index (κ2) is 7.56. The predicted octanol–water partition coefficient (Wildman–Crippen LogP) is 4.12. The SMILES string of the molecule is Cc1ccc(S(=O)(=O)NC(=O)c2cn(Cc3ccccc3)c3ccccc23)cc1. The fourth-order valence-corrected chi connectivity index (χ4v) is 4.26. The quantitative estimate of drug-likeness (QED) is 0.544. The molecule has 0 atom stereocenters. The normalized spacial score (nSPS) is 11.5. The minimum Gasteiger partial charge on any atom is -0.342 e. The zero-order valence-electron chi connectivity index (χ0n) is 15.9. The Labute approximate surface area is 169 Å². The van der Waals surface area contributed by atoms with Gasteiger partial charge < -0.3 is 4.57 Å². The Balaban J connectivity index is 1.68. The van der Waals surface area contributed by atoms with Crippen LogP contribution in [0.2, 0.25) is 0 Å². The van der Waals surface area contributed by atoms with Crippen LogP contribution in [0.15, 0.2) is 90.0 Å². The first-order valence-corrected chi connectivity index (χ1v) is 10.7. The predicted molar refractivity (Wildman–Crippen MR) is 113 cm³/mol. The van der Waals surface area contributed by atoms with Crippen molar-refractivity contribution in [2.24, 2.45) is 0 Å². The molecular formula is C23H20N2O3S. The Kier molecular flexibility index (Phi) is 4.94. The van der Waals surface area contributed by atoms with Crippen LogP contribution in [0.25, 0.3) is 10.9 Å². The average molecular weight is 404 g/mol. The number of aryl methyl sites for hydroxylation is 1. The topological polar surface area (TPSA) is 68.2 Å². The van der Waals surface area contributed by atoms with Gasteiger partial charge in [0.1, 0.15) is 0 Å². The molecule has 146 valence electrons. The van der Waals surface area contributed by atoms with E-state index in [9.17, 15) is 13.2 Å². The summed E-state index contributed by atoms with van der Waals surface area (Å²) in [6, 6.07) is 23.7. The molecule has 0 radical (unpaired) electrons. The number of aromatic nitrogens is 1. The van der Waals surface area contributed by atoms with Gasteiger partial charge in [-0.2, -0.15) is 0 Å². The summed E-state index contributed by atoms with van der Waals surface area (Å²) >= 11 is 0. The molecule has 4 aromatic rings. The molecule has 0 unspecified atom stereocenters. The second-order valence-corrected chi connectivity index (χ2v) is 8.60. The Morgan fingerprint density at radius 1 is 0.897 bits per heavy atom. The number of sulfonamides is 1. The number of nitrogens with one attached hydrogen (secondary N) is 1. The molecular weight excluding hydrogens is 384 g/mol. The van der Waals surface area contributed by atoms with Crippen LogP contribution in [0.3, 0.4) is 0 Å². The first-order chi connectivity index (χ1) is 13.9. The van der Waals surface area contributed by atoms with Crippen LogP contribution in [-0.4, -0.2) is 18.9 Å². The van der Waals surface area contributed by atoms with Crippen LogP contribution in [-0.2, 0) is 16.6 Å². The molecule has 1 amide bonds. The van der Waals surface area contributed by atoms with Gasteiger partial charge >= 0.3 is 0 Å². The van der Waals surface area contributed by atoms with Crippen molar-refractivity contribution in [1.82, 2.24) is 9.29 Å². The lowest BCUT2D eigenvalue weighted by atomic mass is 10.2. The molecule has 0 saturated heterocycles. The van der Waals surface area contributed by atoms with Crippen molar-refractivity contribution in [2.75, 3.05) is 0 Å². The zero-order valence-corrected chi connectivity index (χ0v) is 16.7. The summed E-state index contributed by atoms with van der Waals surface area (Å²) in [6.07, 6.45) is 1.71. The van der Waals surface area contributed by atoms with E-state index in [0.717, 1.165) is 16.6 Å². The van der Waals surface area contributed by atoms with Gasteiger partial charge in [-0.25, -0.2) is 13.1 Å². The minimum atomic E-state index is -3.95. The number of para-hydroxylation sites is 1. The highest BCUT2D eigenvalue weighted by molar-refractivity contribution is 7.90. The molecule has 0 bridgehead atoms. The number of rotatable bonds is 5. The maximum atomic E-state index is 12.9. The number of carbonyl (C=O) groups excluding carboxylic acids is 1. The lowest BCUT2D eigenvalue weighted by Gasteiger charge is -2.07. The number of nitrogens with zero attached hydrogens (tertiary/aromatic N) is 1. The van der Waals surface area contributed by atoms with Gasteiger partial charge in [-0.1, -0.05) is 66.2 Å². The van der Waals surface area contributed by atoms with Crippen molar-refractivity contribution in [2.45, 2.75) is 18.4 Å². The van der Waals surface area contributed by atoms with Crippen LogP contribution < -0.4 is 4.72 Å². The van der Waals surface area contributed by atoms with Crippen LogP contribution >= 0.6 is 0 Å². The number of hydrogen-bond donors (Lipinski definition) is 1. The van der Waals surface area contributed by atoms with Gasteiger partial charge in [-0.15, -0.1) is 0 Å². The summed E-state index contributed by atoms with van der Waals surface area (Å²) in [4.78, 5) is 12.9. The van der Waals surface area contributed by atoms with E-state index in [-0.39, 0.29) is 4.90 Å². The number of fused-ring (bicyclic) bond motifs is 1. The first-order valence-electron chi connectivity index (χ1n) is 9.20. The van der Waals surface area contributed by atoms with E-state index in [1.165, 1.54) is 12.1 Å². The van der Waals surface area contributed by atoms with Crippen molar-refractivity contribution in [1.29, 1.82) is 0 Å². The van der Waals surface area contributed by atoms with Gasteiger partial charge in [-0.05, 0) is 30.7 Å². The van der Waals surface area contributed by atoms with E-state index in [4.69, 9.17) is 0 Å². The highest BCUT2D eigenvalue weighted by Gasteiger charge is 2.22. The van der Waals surface area contributed by atoms with Gasteiger partial charge in [0.05, 0.1) is 10.5 Å². The number of carbonyl (C=O) groups is 1. The largest absolute Gasteiger partial charge is 0.342 e. The fourth-order valence-electron chi connectivity index (χ4n) is 3.29. The van der Waals surface area contributed by atoms with Crippen LogP contribution in [0.5, 0.6) is 0 Å². The highest BCUT2D eigenvalue weighted by atomic mass is 32.2. The third-order valence-corrected chi connectivity index (χ3v) is 6.13. The summed E-state index contributed by atoms with van der Waals surface area (Å²) in [5.74, 6) is -0.645. The molecule has 29 heavy (non-hydrogen) atoms. The molecule has 3 aromatic carbocycles. The summed E-state index contributed by atoms with van der Waals surface area (Å²) in [6.45, 7) is 2.45. The summed E-state index contributed by atoms with van der Waals surface area (Å²) in [7, 11) is -3.95. The van der Waals surface area contributed by atoms with Crippen molar-refractivity contribution in [3.8, 4) is 0 Å². The molecule has 1 heterocycles. The molecule has 5 nitrogen and oxygen atoms in total. The monoisotopic (exact) mass is 404 g/mol. The zero-order chi connectivity index (χ0) is 20.4. The average Bonchev–Trinajstić information content (AvgIpc) is 3.08. The smallest absolute Gasteiger partial charge is 0.267 e. The Morgan fingerprint density at radius 3 is 2.28 bits per heavy atom. The van der Waals surface area contributed by atoms with E-state index >= 15 is 0 Å². The molecule has 0 aliphatic carbocycles. The summed E-state index contributed by atoms with van der Waals surface area (Å²) in [5.41, 5.74) is 3.23. The van der Waals surface area contributed by atoms with Gasteiger partial charge in [0, 0.05) is 23.6 Å². The van der Waals surface area contributed by atoms with Gasteiger partial charge in [0.15, 0.2) is 0 Å². The van der Waals surface area contributed by atoms with Crippen LogP contribution in [0, 0.1) is 6.92 Å². The lowest BCUT2D eigenvalue weighted by Crippen LogP contribution is -2.30. The van der Waals surface area contributed by atoms with E-state index in [1.807, 2.05) is 66.1 Å². The highest BCUT2D eigenvalue weighted by Crippen LogP contribution is 2.23. The fraction of sp³-hybridized carbons (Fsp3) is 0.0870. The Hall–Kier alpha value is -3.38. The molecule has 0 aliphatic heterocycles. The van der Waals surface area contributed by atoms with E-state index in [0.29, 0.717) is 17.5 Å². The lowest BCUT2D eigenvalue weighted by molar-refractivity contribution is 0.0983. The minimum absolute atomic E-state index is 0.0597. The van der Waals surface area contributed by atoms with Crippen molar-refractivity contribution < 1.29 is 13.2 Å². The van der Waals surface area contributed by atoms with Crippen molar-refractivity contribution in [3.05, 3.63) is 102 Å². The van der Waals surface area contributed by atoms with E-state index < -0.39 is 15.9 Å². The number of amides is 1. The Morgan fingerprint density at radius 2 is 1.55 bits per heavy atom. The molecule has 0 aliphatic rings. The molecule has 1 aromatic heterocycles.